The topological polar surface area (TPSA) is 79.4 Å². The lowest BCUT2D eigenvalue weighted by Crippen LogP contribution is -2.15. The van der Waals surface area contributed by atoms with Crippen molar-refractivity contribution in [3.8, 4) is 20.9 Å². The fourth-order valence-corrected chi connectivity index (χ4v) is 6.51. The van der Waals surface area contributed by atoms with Crippen molar-refractivity contribution in [2.75, 3.05) is 18.0 Å². The van der Waals surface area contributed by atoms with E-state index in [2.05, 4.69) is 40.0 Å². The molecule has 4 rings (SSSR count). The zero-order valence-electron chi connectivity index (χ0n) is 19.6. The molecule has 0 radical (unpaired) electrons. The molecule has 9 heteroatoms. The lowest BCUT2D eigenvalue weighted by molar-refractivity contribution is -0.117. The highest BCUT2D eigenvalue weighted by Crippen LogP contribution is 2.36. The summed E-state index contributed by atoms with van der Waals surface area (Å²) in [6.07, 6.45) is 5.57. The summed E-state index contributed by atoms with van der Waals surface area (Å²) in [7, 11) is -1.55. The lowest BCUT2D eigenvalue weighted by atomic mass is 10.0. The Labute approximate surface area is 214 Å². The fourth-order valence-electron chi connectivity index (χ4n) is 3.53. The maximum atomic E-state index is 12.1. The number of aryl methyl sites for hydroxylation is 1. The van der Waals surface area contributed by atoms with Gasteiger partial charge in [0.25, 0.3) is 0 Å². The second-order valence-electron chi connectivity index (χ2n) is 8.21. The van der Waals surface area contributed by atoms with Crippen molar-refractivity contribution in [1.29, 1.82) is 0 Å². The predicted molar refractivity (Wildman–Crippen MR) is 144 cm³/mol. The minimum absolute atomic E-state index is 0.293. The molecular formula is C26H25N3O3S3. The Morgan fingerprint density at radius 1 is 1.03 bits per heavy atom. The first kappa shape index (κ1) is 25.0. The summed E-state index contributed by atoms with van der Waals surface area (Å²) in [5.41, 5.74) is 5.12. The van der Waals surface area contributed by atoms with Crippen molar-refractivity contribution in [2.45, 2.75) is 23.3 Å². The van der Waals surface area contributed by atoms with Gasteiger partial charge in [0.05, 0.1) is 16.8 Å². The molecule has 0 bridgehead atoms. The van der Waals surface area contributed by atoms with Crippen LogP contribution in [0.4, 0.5) is 5.69 Å². The Balaban J connectivity index is 1.54. The van der Waals surface area contributed by atoms with E-state index >= 15 is 0 Å². The van der Waals surface area contributed by atoms with Crippen molar-refractivity contribution < 1.29 is 13.2 Å². The van der Waals surface area contributed by atoms with Crippen LogP contribution < -0.4 is 4.72 Å². The third-order valence-corrected chi connectivity index (χ3v) is 8.77. The van der Waals surface area contributed by atoms with Crippen molar-refractivity contribution in [1.82, 2.24) is 9.88 Å². The van der Waals surface area contributed by atoms with Gasteiger partial charge in [0.1, 0.15) is 0 Å². The highest BCUT2D eigenvalue weighted by molar-refractivity contribution is 8.01. The predicted octanol–water partition coefficient (Wildman–Crippen LogP) is 5.90. The summed E-state index contributed by atoms with van der Waals surface area (Å²) in [6, 6.07) is 19.4. The molecule has 2 heterocycles. The Morgan fingerprint density at radius 2 is 1.77 bits per heavy atom. The number of anilines is 1. The average Bonchev–Trinajstić information content (AvgIpc) is 3.34. The quantitative estimate of drug-likeness (QED) is 0.217. The molecule has 4 aromatic rings. The van der Waals surface area contributed by atoms with Crippen LogP contribution in [0.15, 0.2) is 82.8 Å². The maximum absolute atomic E-state index is 12.1. The molecule has 2 aromatic carbocycles. The standard InChI is InChI=1S/C26H25N3O3S3/c1-18-8-9-19(12-21(18)16-29(2)17-30)23-10-11-24(33-23)20-13-22(15-27-14-20)28-34-25-6-4-5-7-26(25)35(3,31)32/h4-15,17,28H,16H2,1-3H3. The van der Waals surface area contributed by atoms with E-state index in [4.69, 9.17) is 0 Å². The summed E-state index contributed by atoms with van der Waals surface area (Å²) >= 11 is 2.92. The Morgan fingerprint density at radius 3 is 2.51 bits per heavy atom. The molecule has 0 aliphatic heterocycles. The Bertz CT molecular complexity index is 1470. The second-order valence-corrected chi connectivity index (χ2v) is 12.1. The number of aromatic nitrogens is 1. The number of nitrogens with one attached hydrogen (secondary N) is 1. The molecule has 2 aromatic heterocycles. The highest BCUT2D eigenvalue weighted by Gasteiger charge is 2.14. The van der Waals surface area contributed by atoms with Crippen LogP contribution in [0.2, 0.25) is 0 Å². The number of sulfone groups is 1. The number of hydrogen-bond donors (Lipinski definition) is 1. The molecule has 180 valence electrons. The van der Waals surface area contributed by atoms with Gasteiger partial charge in [-0.1, -0.05) is 24.3 Å². The van der Waals surface area contributed by atoms with Crippen LogP contribution in [0, 0.1) is 6.92 Å². The van der Waals surface area contributed by atoms with Gasteiger partial charge in [0.15, 0.2) is 9.84 Å². The van der Waals surface area contributed by atoms with Crippen LogP contribution in [0.25, 0.3) is 20.9 Å². The maximum Gasteiger partial charge on any atom is 0.209 e. The smallest absolute Gasteiger partial charge is 0.209 e. The summed E-state index contributed by atoms with van der Waals surface area (Å²) in [4.78, 5) is 20.2. The molecule has 1 N–H and O–H groups in total. The minimum Gasteiger partial charge on any atom is -0.344 e. The van der Waals surface area contributed by atoms with Crippen LogP contribution in [0.5, 0.6) is 0 Å². The van der Waals surface area contributed by atoms with Gasteiger partial charge in [-0.2, -0.15) is 0 Å². The third kappa shape index (κ3) is 6.11. The van der Waals surface area contributed by atoms with Crippen LogP contribution in [-0.4, -0.2) is 38.0 Å². The van der Waals surface area contributed by atoms with Gasteiger partial charge in [-0.25, -0.2) is 8.42 Å². The lowest BCUT2D eigenvalue weighted by Gasteiger charge is -2.14. The van der Waals surface area contributed by atoms with E-state index < -0.39 is 9.84 Å². The van der Waals surface area contributed by atoms with Gasteiger partial charge in [-0.15, -0.1) is 11.3 Å². The van der Waals surface area contributed by atoms with Crippen molar-refractivity contribution in [2.24, 2.45) is 0 Å². The van der Waals surface area contributed by atoms with E-state index in [0.717, 1.165) is 44.1 Å². The van der Waals surface area contributed by atoms with E-state index in [1.165, 1.54) is 18.2 Å². The van der Waals surface area contributed by atoms with Crippen LogP contribution >= 0.6 is 23.3 Å². The number of nitrogens with zero attached hydrogens (tertiary/aromatic N) is 2. The average molecular weight is 524 g/mol. The van der Waals surface area contributed by atoms with Crippen molar-refractivity contribution >= 4 is 45.2 Å². The number of carbonyl (C=O) groups is 1. The highest BCUT2D eigenvalue weighted by atomic mass is 32.2. The number of rotatable bonds is 9. The van der Waals surface area contributed by atoms with Crippen LogP contribution in [0.1, 0.15) is 11.1 Å². The molecule has 0 saturated heterocycles. The van der Waals surface area contributed by atoms with Gasteiger partial charge >= 0.3 is 0 Å². The summed E-state index contributed by atoms with van der Waals surface area (Å²) in [6.45, 7) is 2.62. The Hall–Kier alpha value is -3.14. The Kier molecular flexibility index (Phi) is 7.59. The van der Waals surface area contributed by atoms with Gasteiger partial charge in [-0.3, -0.25) is 9.78 Å². The normalized spacial score (nSPS) is 11.3. The van der Waals surface area contributed by atoms with Gasteiger partial charge in [-0.05, 0) is 72.0 Å². The van der Waals surface area contributed by atoms with E-state index in [9.17, 15) is 13.2 Å². The molecule has 0 spiro atoms. The van der Waals surface area contributed by atoms with E-state index in [-0.39, 0.29) is 0 Å². The molecule has 0 fully saturated rings. The minimum atomic E-state index is -3.32. The zero-order valence-corrected chi connectivity index (χ0v) is 22.0. The number of thiophene rings is 1. The summed E-state index contributed by atoms with van der Waals surface area (Å²) < 4.78 is 27.3. The number of amides is 1. The van der Waals surface area contributed by atoms with E-state index in [0.29, 0.717) is 16.3 Å². The molecule has 0 aliphatic carbocycles. The molecule has 0 saturated carbocycles. The van der Waals surface area contributed by atoms with E-state index in [1.807, 2.05) is 25.3 Å². The first-order chi connectivity index (χ1) is 16.7. The first-order valence-corrected chi connectivity index (χ1v) is 14.3. The molecule has 35 heavy (non-hydrogen) atoms. The van der Waals surface area contributed by atoms with Gasteiger partial charge < -0.3 is 9.62 Å². The van der Waals surface area contributed by atoms with Crippen molar-refractivity contribution in [3.63, 3.8) is 0 Å². The number of carbonyl (C=O) groups excluding carboxylic acids is 1. The number of pyridine rings is 1. The van der Waals surface area contributed by atoms with Gasteiger partial charge in [0, 0.05) is 46.3 Å². The van der Waals surface area contributed by atoms with Crippen LogP contribution in [0.3, 0.4) is 0 Å². The first-order valence-electron chi connectivity index (χ1n) is 10.8. The van der Waals surface area contributed by atoms with Gasteiger partial charge in [0.2, 0.25) is 6.41 Å². The number of benzene rings is 2. The zero-order chi connectivity index (χ0) is 25.0. The fraction of sp³-hybridized carbons (Fsp3) is 0.154. The molecule has 0 unspecified atom stereocenters. The van der Waals surface area contributed by atoms with E-state index in [1.54, 1.807) is 47.7 Å². The molecular weight excluding hydrogens is 499 g/mol. The molecule has 1 amide bonds. The second kappa shape index (κ2) is 10.6. The number of hydrogen-bond acceptors (Lipinski definition) is 7. The van der Waals surface area contributed by atoms with Crippen molar-refractivity contribution in [3.05, 3.63) is 84.2 Å². The SMILES string of the molecule is Cc1ccc(-c2ccc(-c3cncc(NSc4ccccc4S(C)(=O)=O)c3)s2)cc1CN(C)C=O. The molecule has 0 atom stereocenters. The largest absolute Gasteiger partial charge is 0.344 e. The monoisotopic (exact) mass is 523 g/mol. The third-order valence-electron chi connectivity index (χ3n) is 5.39. The summed E-state index contributed by atoms with van der Waals surface area (Å²) in [5.74, 6) is 0. The molecule has 6 nitrogen and oxygen atoms in total. The molecule has 0 aliphatic rings. The summed E-state index contributed by atoms with van der Waals surface area (Å²) in [5, 5.41) is 0. The van der Waals surface area contributed by atoms with Crippen LogP contribution in [-0.2, 0) is 21.2 Å².